The van der Waals surface area contributed by atoms with Crippen molar-refractivity contribution in [2.75, 3.05) is 13.2 Å². The Bertz CT molecular complexity index is 736. The molecule has 1 aliphatic heterocycles. The third-order valence-corrected chi connectivity index (χ3v) is 4.35. The first-order valence-electron chi connectivity index (χ1n) is 8.62. The van der Waals surface area contributed by atoms with Gasteiger partial charge < -0.3 is 15.2 Å². The van der Waals surface area contributed by atoms with Crippen LogP contribution in [0.1, 0.15) is 48.8 Å². The Morgan fingerprint density at radius 1 is 1.44 bits per heavy atom. The Labute approximate surface area is 147 Å². The van der Waals surface area contributed by atoms with Gasteiger partial charge in [0.1, 0.15) is 0 Å². The summed E-state index contributed by atoms with van der Waals surface area (Å²) in [5, 5.41) is 4.24. The van der Waals surface area contributed by atoms with Gasteiger partial charge in [-0.3, -0.25) is 4.79 Å². The van der Waals surface area contributed by atoms with E-state index in [0.717, 1.165) is 38.0 Å². The molecule has 0 bridgehead atoms. The summed E-state index contributed by atoms with van der Waals surface area (Å²) in [7, 11) is 0. The molecule has 1 aliphatic rings. The van der Waals surface area contributed by atoms with Gasteiger partial charge in [-0.2, -0.15) is 5.10 Å². The minimum absolute atomic E-state index is 0.132. The molecular formula is C18H24N4O3. The average Bonchev–Trinajstić information content (AvgIpc) is 3.04. The zero-order valence-corrected chi connectivity index (χ0v) is 14.6. The van der Waals surface area contributed by atoms with E-state index in [4.69, 9.17) is 15.2 Å². The fraction of sp³-hybridized carbons (Fsp3) is 0.500. The summed E-state index contributed by atoms with van der Waals surface area (Å²) in [6, 6.07) is 3.76. The molecule has 1 fully saturated rings. The van der Waals surface area contributed by atoms with Gasteiger partial charge in [0.2, 0.25) is 5.88 Å². The minimum Gasteiger partial charge on any atom is -0.437 e. The summed E-state index contributed by atoms with van der Waals surface area (Å²) in [5.41, 5.74) is 6.62. The number of hydrogen-bond donors (Lipinski definition) is 1. The Kier molecular flexibility index (Phi) is 5.33. The smallest absolute Gasteiger partial charge is 0.271 e. The number of hydrogen-bond acceptors (Lipinski definition) is 5. The van der Waals surface area contributed by atoms with E-state index in [-0.39, 0.29) is 11.7 Å². The van der Waals surface area contributed by atoms with Crippen molar-refractivity contribution < 1.29 is 14.3 Å². The number of amides is 1. The second kappa shape index (κ2) is 7.65. The molecular weight excluding hydrogens is 320 g/mol. The van der Waals surface area contributed by atoms with Gasteiger partial charge in [0, 0.05) is 25.5 Å². The molecule has 0 atom stereocenters. The number of carbonyl (C=O) groups is 1. The zero-order chi connectivity index (χ0) is 17.8. The number of pyridine rings is 1. The molecule has 0 aromatic carbocycles. The maximum Gasteiger partial charge on any atom is 0.271 e. The minimum atomic E-state index is -0.608. The van der Waals surface area contributed by atoms with Gasteiger partial charge in [0.05, 0.1) is 12.2 Å². The Balaban J connectivity index is 1.85. The molecule has 1 amide bonds. The monoisotopic (exact) mass is 344 g/mol. The first kappa shape index (κ1) is 17.4. The van der Waals surface area contributed by atoms with Crippen LogP contribution in [0, 0.1) is 5.92 Å². The van der Waals surface area contributed by atoms with Crippen LogP contribution < -0.4 is 10.5 Å². The maximum atomic E-state index is 11.7. The van der Waals surface area contributed by atoms with E-state index < -0.39 is 5.91 Å². The highest BCUT2D eigenvalue weighted by Gasteiger charge is 2.19. The van der Waals surface area contributed by atoms with Crippen molar-refractivity contribution in [3.63, 3.8) is 0 Å². The van der Waals surface area contributed by atoms with Crippen molar-refractivity contribution in [1.29, 1.82) is 0 Å². The number of rotatable bonds is 6. The highest BCUT2D eigenvalue weighted by atomic mass is 16.5. The first-order chi connectivity index (χ1) is 12.0. The topological polar surface area (TPSA) is 92.3 Å². The molecule has 7 nitrogen and oxygen atoms in total. The highest BCUT2D eigenvalue weighted by molar-refractivity contribution is 5.93. The predicted octanol–water partition coefficient (Wildman–Crippen LogP) is 2.72. The van der Waals surface area contributed by atoms with Gasteiger partial charge in [0.25, 0.3) is 5.91 Å². The lowest BCUT2D eigenvalue weighted by Gasteiger charge is -2.22. The van der Waals surface area contributed by atoms with E-state index in [1.54, 1.807) is 23.1 Å². The molecule has 2 aromatic rings. The summed E-state index contributed by atoms with van der Waals surface area (Å²) in [6.07, 6.45) is 6.33. The molecule has 0 unspecified atom stereocenters. The summed E-state index contributed by atoms with van der Waals surface area (Å²) in [5.74, 6) is 0.884. The molecule has 134 valence electrons. The van der Waals surface area contributed by atoms with Gasteiger partial charge >= 0.3 is 0 Å². The van der Waals surface area contributed by atoms with Gasteiger partial charge in [-0.15, -0.1) is 0 Å². The van der Waals surface area contributed by atoms with Crippen molar-refractivity contribution in [2.24, 2.45) is 11.7 Å². The number of aromatic nitrogens is 3. The molecule has 0 spiro atoms. The third kappa shape index (κ3) is 4.17. The van der Waals surface area contributed by atoms with E-state index in [2.05, 4.69) is 10.1 Å². The second-order valence-electron chi connectivity index (χ2n) is 6.62. The summed E-state index contributed by atoms with van der Waals surface area (Å²) in [6.45, 7) is 5.62. The molecule has 2 aromatic heterocycles. The van der Waals surface area contributed by atoms with E-state index >= 15 is 0 Å². The van der Waals surface area contributed by atoms with Gasteiger partial charge in [-0.1, -0.05) is 0 Å². The van der Waals surface area contributed by atoms with Crippen LogP contribution >= 0.6 is 0 Å². The Morgan fingerprint density at radius 3 is 2.88 bits per heavy atom. The number of nitrogens with two attached hydrogens (primary N) is 1. The van der Waals surface area contributed by atoms with Crippen molar-refractivity contribution >= 4 is 5.91 Å². The molecule has 3 heterocycles. The molecule has 7 heteroatoms. The fourth-order valence-corrected chi connectivity index (χ4v) is 3.03. The standard InChI is InChI=1S/C18H24N4O3/c1-12(2)22-16(3-6-21-22)25-15-10-14(11-20-17(15)18(19)23)9-13-4-7-24-8-5-13/h3,6,10-13H,4-5,7-9H2,1-2H3,(H2,19,23). The lowest BCUT2D eigenvalue weighted by atomic mass is 9.93. The summed E-state index contributed by atoms with van der Waals surface area (Å²) >= 11 is 0. The number of nitrogens with zero attached hydrogens (tertiary/aromatic N) is 3. The average molecular weight is 344 g/mol. The van der Waals surface area contributed by atoms with Crippen LogP contribution in [0.2, 0.25) is 0 Å². The van der Waals surface area contributed by atoms with Crippen molar-refractivity contribution in [1.82, 2.24) is 14.8 Å². The SMILES string of the molecule is CC(C)n1nccc1Oc1cc(CC2CCOCC2)cnc1C(N)=O. The molecule has 2 N–H and O–H groups in total. The van der Waals surface area contributed by atoms with Crippen molar-refractivity contribution in [2.45, 2.75) is 39.2 Å². The molecule has 1 saturated heterocycles. The Morgan fingerprint density at radius 2 is 2.20 bits per heavy atom. The summed E-state index contributed by atoms with van der Waals surface area (Å²) in [4.78, 5) is 15.9. The Hall–Kier alpha value is -2.41. The predicted molar refractivity (Wildman–Crippen MR) is 92.7 cm³/mol. The van der Waals surface area contributed by atoms with E-state index in [1.165, 1.54) is 0 Å². The fourth-order valence-electron chi connectivity index (χ4n) is 3.03. The zero-order valence-electron chi connectivity index (χ0n) is 14.6. The number of carbonyl (C=O) groups excluding carboxylic acids is 1. The molecule has 3 rings (SSSR count). The molecule has 0 aliphatic carbocycles. The van der Waals surface area contributed by atoms with Crippen molar-refractivity contribution in [3.8, 4) is 11.6 Å². The van der Waals surface area contributed by atoms with Gasteiger partial charge in [-0.25, -0.2) is 9.67 Å². The molecule has 25 heavy (non-hydrogen) atoms. The van der Waals surface area contributed by atoms with Crippen LogP contribution in [0.25, 0.3) is 0 Å². The quantitative estimate of drug-likeness (QED) is 0.870. The van der Waals surface area contributed by atoms with Gasteiger partial charge in [-0.05, 0) is 50.7 Å². The van der Waals surface area contributed by atoms with Crippen LogP contribution in [-0.4, -0.2) is 33.9 Å². The van der Waals surface area contributed by atoms with Gasteiger partial charge in [0.15, 0.2) is 11.4 Å². The van der Waals surface area contributed by atoms with E-state index in [0.29, 0.717) is 17.5 Å². The largest absolute Gasteiger partial charge is 0.437 e. The summed E-state index contributed by atoms with van der Waals surface area (Å²) < 4.78 is 13.1. The normalized spacial score (nSPS) is 15.5. The number of ether oxygens (including phenoxy) is 2. The lowest BCUT2D eigenvalue weighted by molar-refractivity contribution is 0.0665. The second-order valence-corrected chi connectivity index (χ2v) is 6.62. The maximum absolute atomic E-state index is 11.7. The highest BCUT2D eigenvalue weighted by Crippen LogP contribution is 2.28. The molecule has 0 saturated carbocycles. The van der Waals surface area contributed by atoms with E-state index in [9.17, 15) is 4.79 Å². The molecule has 0 radical (unpaired) electrons. The van der Waals surface area contributed by atoms with Crippen molar-refractivity contribution in [3.05, 3.63) is 35.8 Å². The van der Waals surface area contributed by atoms with Crippen LogP contribution in [0.5, 0.6) is 11.6 Å². The third-order valence-electron chi connectivity index (χ3n) is 4.35. The van der Waals surface area contributed by atoms with E-state index in [1.807, 2.05) is 19.9 Å². The number of primary amides is 1. The first-order valence-corrected chi connectivity index (χ1v) is 8.62. The van der Waals surface area contributed by atoms with Crippen LogP contribution in [0.4, 0.5) is 0 Å². The van der Waals surface area contributed by atoms with Crippen LogP contribution in [0.15, 0.2) is 24.5 Å². The van der Waals surface area contributed by atoms with Crippen LogP contribution in [-0.2, 0) is 11.2 Å². The van der Waals surface area contributed by atoms with Crippen LogP contribution in [0.3, 0.4) is 0 Å². The lowest BCUT2D eigenvalue weighted by Crippen LogP contribution is -2.18.